The Bertz CT molecular complexity index is 521. The zero-order chi connectivity index (χ0) is 15.5. The summed E-state index contributed by atoms with van der Waals surface area (Å²) in [5, 5.41) is 8.82. The van der Waals surface area contributed by atoms with E-state index in [0.717, 1.165) is 10.5 Å². The van der Waals surface area contributed by atoms with E-state index in [0.29, 0.717) is 0 Å². The van der Waals surface area contributed by atoms with Crippen molar-refractivity contribution in [3.63, 3.8) is 0 Å². The third-order valence-electron chi connectivity index (χ3n) is 3.39. The third kappa shape index (κ3) is 3.68. The summed E-state index contributed by atoms with van der Waals surface area (Å²) in [5.74, 6) is -6.81. The molecule has 0 radical (unpaired) electrons. The molecule has 1 aromatic carbocycles. The quantitative estimate of drug-likeness (QED) is 0.930. The first kappa shape index (κ1) is 15.2. The number of carbonyl (C=O) groups excluding carboxylic acids is 1. The fraction of sp³-hybridized carbons (Fsp3) is 0.429. The number of alkyl halides is 2. The van der Waals surface area contributed by atoms with E-state index in [-0.39, 0.29) is 13.2 Å². The van der Waals surface area contributed by atoms with Crippen LogP contribution in [0.25, 0.3) is 0 Å². The Morgan fingerprint density at radius 3 is 2.62 bits per heavy atom. The van der Waals surface area contributed by atoms with Crippen molar-refractivity contribution in [2.75, 3.05) is 13.1 Å². The number of halogens is 2. The number of hydrogen-bond acceptors (Lipinski definition) is 3. The van der Waals surface area contributed by atoms with Crippen LogP contribution in [-0.2, 0) is 16.1 Å². The summed E-state index contributed by atoms with van der Waals surface area (Å²) in [6.07, 6.45) is -1.45. The first-order valence-electron chi connectivity index (χ1n) is 6.46. The highest BCUT2D eigenvalue weighted by Gasteiger charge is 2.49. The van der Waals surface area contributed by atoms with E-state index >= 15 is 0 Å². The van der Waals surface area contributed by atoms with Gasteiger partial charge in [0.2, 0.25) is 0 Å². The first-order valence-corrected chi connectivity index (χ1v) is 6.46. The normalized spacial score (nSPS) is 20.9. The Labute approximate surface area is 120 Å². The minimum Gasteiger partial charge on any atom is -0.481 e. The van der Waals surface area contributed by atoms with Gasteiger partial charge in [-0.1, -0.05) is 30.3 Å². The number of rotatable bonds is 3. The van der Waals surface area contributed by atoms with Gasteiger partial charge in [-0.05, 0) is 5.56 Å². The van der Waals surface area contributed by atoms with E-state index in [1.807, 2.05) is 6.07 Å². The van der Waals surface area contributed by atoms with Crippen LogP contribution < -0.4 is 0 Å². The molecule has 1 aliphatic rings. The van der Waals surface area contributed by atoms with Crippen LogP contribution >= 0.6 is 0 Å². The Balaban J connectivity index is 1.93. The number of piperidine rings is 1. The smallest absolute Gasteiger partial charge is 0.410 e. The number of aliphatic carboxylic acids is 1. The SMILES string of the molecule is O=C(O)[C@@H]1CN(C(=O)OCc2ccccc2)CCC1(F)F. The number of likely N-dealkylation sites (tertiary alicyclic amines) is 1. The van der Waals surface area contributed by atoms with Crippen LogP contribution in [0.1, 0.15) is 12.0 Å². The van der Waals surface area contributed by atoms with Gasteiger partial charge in [0.05, 0.1) is 0 Å². The molecule has 0 aromatic heterocycles. The average molecular weight is 299 g/mol. The molecule has 1 amide bonds. The van der Waals surface area contributed by atoms with Gasteiger partial charge in [-0.15, -0.1) is 0 Å². The Kier molecular flexibility index (Phi) is 4.40. The maximum Gasteiger partial charge on any atom is 0.410 e. The summed E-state index contributed by atoms with van der Waals surface area (Å²) in [6, 6.07) is 8.90. The molecular weight excluding hydrogens is 284 g/mol. The number of hydrogen-bond donors (Lipinski definition) is 1. The van der Waals surface area contributed by atoms with Crippen LogP contribution in [-0.4, -0.2) is 41.1 Å². The lowest BCUT2D eigenvalue weighted by Gasteiger charge is -2.35. The molecule has 2 rings (SSSR count). The van der Waals surface area contributed by atoms with Crippen LogP contribution in [0, 0.1) is 5.92 Å². The molecule has 1 atom stereocenters. The van der Waals surface area contributed by atoms with Crippen molar-refractivity contribution >= 4 is 12.1 Å². The van der Waals surface area contributed by atoms with Crippen molar-refractivity contribution in [1.29, 1.82) is 0 Å². The van der Waals surface area contributed by atoms with E-state index in [4.69, 9.17) is 9.84 Å². The summed E-state index contributed by atoms with van der Waals surface area (Å²) < 4.78 is 31.9. The Hall–Kier alpha value is -2.18. The molecule has 1 saturated heterocycles. The van der Waals surface area contributed by atoms with Gasteiger partial charge in [0.15, 0.2) is 0 Å². The number of carboxylic acid groups (broad SMARTS) is 1. The van der Waals surface area contributed by atoms with Gasteiger partial charge >= 0.3 is 12.1 Å². The molecule has 1 heterocycles. The second-order valence-electron chi connectivity index (χ2n) is 4.89. The van der Waals surface area contributed by atoms with Crippen molar-refractivity contribution in [2.24, 2.45) is 5.92 Å². The number of carboxylic acids is 1. The number of ether oxygens (including phenoxy) is 1. The summed E-state index contributed by atoms with van der Waals surface area (Å²) in [5.41, 5.74) is 0.767. The number of benzene rings is 1. The molecule has 0 bridgehead atoms. The minimum absolute atomic E-state index is 0.0182. The molecule has 1 aromatic rings. The molecule has 0 spiro atoms. The van der Waals surface area contributed by atoms with Gasteiger partial charge in [0, 0.05) is 19.5 Å². The summed E-state index contributed by atoms with van der Waals surface area (Å²) in [7, 11) is 0. The van der Waals surface area contributed by atoms with Crippen LogP contribution in [0.5, 0.6) is 0 Å². The van der Waals surface area contributed by atoms with Gasteiger partial charge in [0.1, 0.15) is 12.5 Å². The second kappa shape index (κ2) is 6.07. The van der Waals surface area contributed by atoms with Gasteiger partial charge in [-0.25, -0.2) is 13.6 Å². The van der Waals surface area contributed by atoms with Crippen molar-refractivity contribution < 1.29 is 28.2 Å². The van der Waals surface area contributed by atoms with Gasteiger partial charge in [0.25, 0.3) is 5.92 Å². The number of nitrogens with zero attached hydrogens (tertiary/aromatic N) is 1. The van der Waals surface area contributed by atoms with Gasteiger partial charge < -0.3 is 14.7 Å². The molecule has 1 N–H and O–H groups in total. The van der Waals surface area contributed by atoms with Crippen molar-refractivity contribution in [1.82, 2.24) is 4.90 Å². The molecule has 5 nitrogen and oxygen atoms in total. The van der Waals surface area contributed by atoms with Crippen LogP contribution in [0.3, 0.4) is 0 Å². The Morgan fingerprint density at radius 2 is 2.00 bits per heavy atom. The predicted octanol–water partition coefficient (Wildman–Crippen LogP) is 2.37. The van der Waals surface area contributed by atoms with Gasteiger partial charge in [-0.2, -0.15) is 0 Å². The molecular formula is C14H15F2NO4. The number of carbonyl (C=O) groups is 2. The lowest BCUT2D eigenvalue weighted by molar-refractivity contribution is -0.165. The van der Waals surface area contributed by atoms with Crippen LogP contribution in [0.4, 0.5) is 13.6 Å². The van der Waals surface area contributed by atoms with Crippen molar-refractivity contribution in [3.8, 4) is 0 Å². The molecule has 0 aliphatic carbocycles. The lowest BCUT2D eigenvalue weighted by atomic mass is 9.94. The highest BCUT2D eigenvalue weighted by Crippen LogP contribution is 2.33. The second-order valence-corrected chi connectivity index (χ2v) is 4.89. The fourth-order valence-electron chi connectivity index (χ4n) is 2.14. The topological polar surface area (TPSA) is 66.8 Å². The average Bonchev–Trinajstić information content (AvgIpc) is 2.45. The fourth-order valence-corrected chi connectivity index (χ4v) is 2.14. The monoisotopic (exact) mass is 299 g/mol. The summed E-state index contributed by atoms with van der Waals surface area (Å²) >= 11 is 0. The largest absolute Gasteiger partial charge is 0.481 e. The lowest BCUT2D eigenvalue weighted by Crippen LogP contribution is -2.52. The predicted molar refractivity (Wildman–Crippen MR) is 68.9 cm³/mol. The molecule has 0 saturated carbocycles. The maximum atomic E-state index is 13.4. The standard InChI is InChI=1S/C14H15F2NO4/c15-14(16)6-7-17(8-11(14)12(18)19)13(20)21-9-10-4-2-1-3-5-10/h1-5,11H,6-9H2,(H,18,19)/t11-/m0/s1. The van der Waals surface area contributed by atoms with Crippen molar-refractivity contribution in [2.45, 2.75) is 19.0 Å². The van der Waals surface area contributed by atoms with E-state index in [9.17, 15) is 18.4 Å². The molecule has 1 aliphatic heterocycles. The third-order valence-corrected chi connectivity index (χ3v) is 3.39. The number of amides is 1. The van der Waals surface area contributed by atoms with E-state index in [2.05, 4.69) is 0 Å². The van der Waals surface area contributed by atoms with Crippen LogP contribution in [0.2, 0.25) is 0 Å². The highest BCUT2D eigenvalue weighted by molar-refractivity contribution is 5.74. The highest BCUT2D eigenvalue weighted by atomic mass is 19.3. The molecule has 0 unspecified atom stereocenters. The van der Waals surface area contributed by atoms with E-state index < -0.39 is 36.9 Å². The zero-order valence-corrected chi connectivity index (χ0v) is 11.2. The van der Waals surface area contributed by atoms with E-state index in [1.54, 1.807) is 24.3 Å². The molecule has 114 valence electrons. The van der Waals surface area contributed by atoms with Crippen molar-refractivity contribution in [3.05, 3.63) is 35.9 Å². The van der Waals surface area contributed by atoms with E-state index in [1.165, 1.54) is 0 Å². The van der Waals surface area contributed by atoms with Crippen LogP contribution in [0.15, 0.2) is 30.3 Å². The molecule has 21 heavy (non-hydrogen) atoms. The van der Waals surface area contributed by atoms with Gasteiger partial charge in [-0.3, -0.25) is 4.79 Å². The zero-order valence-electron chi connectivity index (χ0n) is 11.2. The maximum absolute atomic E-state index is 13.4. The molecule has 7 heteroatoms. The Morgan fingerprint density at radius 1 is 1.33 bits per heavy atom. The molecule has 1 fully saturated rings. The summed E-state index contributed by atoms with van der Waals surface area (Å²) in [4.78, 5) is 23.7. The minimum atomic E-state index is -3.30. The first-order chi connectivity index (χ1) is 9.90. The summed E-state index contributed by atoms with van der Waals surface area (Å²) in [6.45, 7) is -0.745.